The van der Waals surface area contributed by atoms with Gasteiger partial charge in [-0.05, 0) is 31.4 Å². The third kappa shape index (κ3) is 4.03. The molecule has 0 atom stereocenters. The number of halogens is 1. The van der Waals surface area contributed by atoms with Gasteiger partial charge in [-0.2, -0.15) is 0 Å². The molecule has 0 bridgehead atoms. The highest BCUT2D eigenvalue weighted by Gasteiger charge is 2.35. The number of hydrogen-bond donors (Lipinski definition) is 1. The first-order chi connectivity index (χ1) is 11.4. The molecule has 0 unspecified atom stereocenters. The number of benzene rings is 1. The lowest BCUT2D eigenvalue weighted by molar-refractivity contribution is 0.0654. The Morgan fingerprint density at radius 2 is 1.56 bits per heavy atom. The highest BCUT2D eigenvalue weighted by atomic mass is 35.5. The molecule has 1 saturated heterocycles. The van der Waals surface area contributed by atoms with E-state index in [0.29, 0.717) is 37.1 Å². The number of nitrogens with zero attached hydrogens (tertiary/aromatic N) is 2. The summed E-state index contributed by atoms with van der Waals surface area (Å²) >= 11 is 0. The third-order valence-corrected chi connectivity index (χ3v) is 6.51. The Bertz CT molecular complexity index is 725. The van der Waals surface area contributed by atoms with Crippen LogP contribution in [0.5, 0.6) is 0 Å². The molecule has 3 rings (SSSR count). The highest BCUT2D eigenvalue weighted by Crippen LogP contribution is 2.22. The lowest BCUT2D eigenvalue weighted by Gasteiger charge is -2.29. The topological polar surface area (TPSA) is 101 Å². The summed E-state index contributed by atoms with van der Waals surface area (Å²) in [6.45, 7) is 0.992. The Kier molecular flexibility index (Phi) is 6.21. The van der Waals surface area contributed by atoms with Gasteiger partial charge in [0.2, 0.25) is 10.0 Å². The van der Waals surface area contributed by atoms with Crippen molar-refractivity contribution in [2.75, 3.05) is 25.4 Å². The molecular formula is C16H22ClN3O4S. The molecule has 25 heavy (non-hydrogen) atoms. The van der Waals surface area contributed by atoms with E-state index in [1.54, 1.807) is 24.3 Å². The zero-order valence-corrected chi connectivity index (χ0v) is 15.4. The van der Waals surface area contributed by atoms with Gasteiger partial charge >= 0.3 is 0 Å². The second kappa shape index (κ2) is 7.82. The van der Waals surface area contributed by atoms with Crippen LogP contribution in [0, 0.1) is 0 Å². The smallest absolute Gasteiger partial charge is 0.261 e. The summed E-state index contributed by atoms with van der Waals surface area (Å²) in [5.74, 6) is -0.774. The Labute approximate surface area is 153 Å². The maximum atomic E-state index is 12.3. The average Bonchev–Trinajstić information content (AvgIpc) is 2.80. The largest absolute Gasteiger partial charge is 0.328 e. The number of piperidine rings is 1. The van der Waals surface area contributed by atoms with Crippen molar-refractivity contribution in [1.29, 1.82) is 0 Å². The average molecular weight is 388 g/mol. The van der Waals surface area contributed by atoms with Gasteiger partial charge in [-0.15, -0.1) is 12.4 Å². The van der Waals surface area contributed by atoms with Gasteiger partial charge in [0.25, 0.3) is 11.8 Å². The number of nitrogens with two attached hydrogens (primary N) is 1. The third-order valence-electron chi connectivity index (χ3n) is 4.55. The number of carbonyl (C=O) groups excluding carboxylic acids is 2. The summed E-state index contributed by atoms with van der Waals surface area (Å²) in [6.07, 6.45) is 1.56. The van der Waals surface area contributed by atoms with Crippen LogP contribution in [0.4, 0.5) is 0 Å². The van der Waals surface area contributed by atoms with E-state index >= 15 is 0 Å². The molecule has 0 spiro atoms. The van der Waals surface area contributed by atoms with Crippen molar-refractivity contribution in [1.82, 2.24) is 9.21 Å². The first kappa shape index (κ1) is 19.8. The molecule has 2 aliphatic rings. The number of fused-ring (bicyclic) bond motifs is 1. The van der Waals surface area contributed by atoms with Crippen LogP contribution in [0.1, 0.15) is 40.0 Å². The van der Waals surface area contributed by atoms with E-state index in [-0.39, 0.29) is 49.0 Å². The van der Waals surface area contributed by atoms with Crippen LogP contribution >= 0.6 is 12.4 Å². The van der Waals surface area contributed by atoms with Crippen molar-refractivity contribution in [2.45, 2.75) is 25.3 Å². The quantitative estimate of drug-likeness (QED) is 0.755. The number of carbonyl (C=O) groups is 2. The molecule has 1 fully saturated rings. The monoisotopic (exact) mass is 387 g/mol. The molecule has 0 radical (unpaired) electrons. The van der Waals surface area contributed by atoms with Crippen molar-refractivity contribution in [3.63, 3.8) is 0 Å². The van der Waals surface area contributed by atoms with Gasteiger partial charge in [-0.1, -0.05) is 12.1 Å². The molecule has 9 heteroatoms. The highest BCUT2D eigenvalue weighted by molar-refractivity contribution is 7.89. The summed E-state index contributed by atoms with van der Waals surface area (Å²) in [7, 11) is -3.37. The molecule has 1 aromatic rings. The van der Waals surface area contributed by atoms with E-state index < -0.39 is 10.0 Å². The summed E-state index contributed by atoms with van der Waals surface area (Å²) < 4.78 is 26.1. The summed E-state index contributed by atoms with van der Waals surface area (Å²) in [5.41, 5.74) is 6.56. The van der Waals surface area contributed by atoms with Crippen LogP contribution < -0.4 is 5.73 Å². The molecule has 1 aromatic carbocycles. The Balaban J connectivity index is 0.00000225. The Morgan fingerprint density at radius 1 is 1.04 bits per heavy atom. The van der Waals surface area contributed by atoms with Crippen molar-refractivity contribution in [3.05, 3.63) is 35.4 Å². The number of amides is 2. The van der Waals surface area contributed by atoms with E-state index in [1.165, 1.54) is 4.31 Å². The van der Waals surface area contributed by atoms with Crippen molar-refractivity contribution >= 4 is 34.2 Å². The van der Waals surface area contributed by atoms with E-state index in [1.807, 2.05) is 0 Å². The lowest BCUT2D eigenvalue weighted by Crippen LogP contribution is -2.44. The minimum Gasteiger partial charge on any atom is -0.328 e. The molecule has 2 N–H and O–H groups in total. The van der Waals surface area contributed by atoms with Crippen LogP contribution in [-0.2, 0) is 10.0 Å². The number of imide groups is 1. The zero-order chi connectivity index (χ0) is 17.3. The van der Waals surface area contributed by atoms with Crippen LogP contribution in [0.25, 0.3) is 0 Å². The molecular weight excluding hydrogens is 366 g/mol. The SMILES string of the molecule is Cl.NC1CCN(S(=O)(=O)CCCN2C(=O)c3ccccc3C2=O)CC1. The molecule has 2 heterocycles. The number of sulfonamides is 1. The molecule has 7 nitrogen and oxygen atoms in total. The van der Waals surface area contributed by atoms with Crippen LogP contribution in [0.2, 0.25) is 0 Å². The molecule has 0 aliphatic carbocycles. The number of hydrogen-bond acceptors (Lipinski definition) is 5. The fraction of sp³-hybridized carbons (Fsp3) is 0.500. The molecule has 0 aromatic heterocycles. The molecule has 2 amide bonds. The van der Waals surface area contributed by atoms with Crippen LogP contribution in [0.15, 0.2) is 24.3 Å². The molecule has 138 valence electrons. The minimum atomic E-state index is -3.37. The standard InChI is InChI=1S/C16H21N3O4S.ClH/c17-12-6-9-18(10-7-12)24(22,23)11-3-8-19-15(20)13-4-1-2-5-14(13)16(19)21;/h1-2,4-5,12H,3,6-11,17H2;1H. The molecule has 0 saturated carbocycles. The summed E-state index contributed by atoms with van der Waals surface area (Å²) in [4.78, 5) is 25.6. The fourth-order valence-corrected chi connectivity index (χ4v) is 4.65. The van der Waals surface area contributed by atoms with E-state index in [9.17, 15) is 18.0 Å². The lowest BCUT2D eigenvalue weighted by atomic mass is 10.1. The van der Waals surface area contributed by atoms with E-state index in [0.717, 1.165) is 4.90 Å². The minimum absolute atomic E-state index is 0. The van der Waals surface area contributed by atoms with E-state index in [2.05, 4.69) is 0 Å². The predicted octanol–water partition coefficient (Wildman–Crippen LogP) is 0.847. The maximum absolute atomic E-state index is 12.3. The van der Waals surface area contributed by atoms with Crippen molar-refractivity contribution < 1.29 is 18.0 Å². The van der Waals surface area contributed by atoms with Gasteiger partial charge in [0.15, 0.2) is 0 Å². The summed E-state index contributed by atoms with van der Waals surface area (Å²) in [5, 5.41) is 0. The van der Waals surface area contributed by atoms with Gasteiger partial charge in [0, 0.05) is 25.7 Å². The Hall–Kier alpha value is -1.48. The van der Waals surface area contributed by atoms with Gasteiger partial charge in [0.1, 0.15) is 0 Å². The zero-order valence-electron chi connectivity index (χ0n) is 13.8. The Morgan fingerprint density at radius 3 is 2.08 bits per heavy atom. The number of rotatable bonds is 5. The maximum Gasteiger partial charge on any atom is 0.261 e. The van der Waals surface area contributed by atoms with Gasteiger partial charge in [-0.3, -0.25) is 14.5 Å². The second-order valence-electron chi connectivity index (χ2n) is 6.21. The van der Waals surface area contributed by atoms with Crippen LogP contribution in [-0.4, -0.2) is 60.9 Å². The van der Waals surface area contributed by atoms with Gasteiger partial charge < -0.3 is 5.73 Å². The fourth-order valence-electron chi connectivity index (χ4n) is 3.13. The molecule has 2 aliphatic heterocycles. The van der Waals surface area contributed by atoms with Crippen molar-refractivity contribution in [2.24, 2.45) is 5.73 Å². The van der Waals surface area contributed by atoms with Gasteiger partial charge in [-0.25, -0.2) is 12.7 Å². The van der Waals surface area contributed by atoms with Gasteiger partial charge in [0.05, 0.1) is 16.9 Å². The predicted molar refractivity (Wildman–Crippen MR) is 96.2 cm³/mol. The van der Waals surface area contributed by atoms with E-state index in [4.69, 9.17) is 5.73 Å². The first-order valence-corrected chi connectivity index (χ1v) is 9.70. The van der Waals surface area contributed by atoms with Crippen LogP contribution in [0.3, 0.4) is 0 Å². The normalized spacial score (nSPS) is 19.0. The van der Waals surface area contributed by atoms with Crippen molar-refractivity contribution in [3.8, 4) is 0 Å². The second-order valence-corrected chi connectivity index (χ2v) is 8.30. The first-order valence-electron chi connectivity index (χ1n) is 8.09. The summed E-state index contributed by atoms with van der Waals surface area (Å²) in [6, 6.07) is 6.71.